The molecule has 0 aromatic carbocycles. The minimum Gasteiger partial charge on any atom is -0.334 e. The van der Waals surface area contributed by atoms with Gasteiger partial charge in [0.25, 0.3) is 0 Å². The van der Waals surface area contributed by atoms with Gasteiger partial charge in [0.1, 0.15) is 0 Å². The molecule has 3 heteroatoms. The van der Waals surface area contributed by atoms with E-state index in [0.29, 0.717) is 0 Å². The van der Waals surface area contributed by atoms with Gasteiger partial charge in [0.15, 0.2) is 0 Å². The summed E-state index contributed by atoms with van der Waals surface area (Å²) in [6, 6.07) is 0. The summed E-state index contributed by atoms with van der Waals surface area (Å²) in [6.45, 7) is 3.30. The molecule has 1 aliphatic heterocycles. The highest BCUT2D eigenvalue weighted by Gasteiger charge is 2.18. The fourth-order valence-corrected chi connectivity index (χ4v) is 3.42. The Balaban J connectivity index is 1.61. The minimum atomic E-state index is 0.762. The first-order valence-corrected chi connectivity index (χ1v) is 7.82. The van der Waals surface area contributed by atoms with Crippen molar-refractivity contribution in [2.24, 2.45) is 0 Å². The van der Waals surface area contributed by atoms with Crippen molar-refractivity contribution in [1.82, 2.24) is 14.9 Å². The van der Waals surface area contributed by atoms with Crippen LogP contribution in [0.3, 0.4) is 0 Å². The highest BCUT2D eigenvalue weighted by atomic mass is 15.0. The Bertz CT molecular complexity index is 427. The summed E-state index contributed by atoms with van der Waals surface area (Å²) in [6.07, 6.45) is 15.8. The number of nitrogens with one attached hydrogen (secondary N) is 1. The maximum Gasteiger partial charge on any atom is 0.0948 e. The molecule has 1 saturated carbocycles. The maximum atomic E-state index is 4.39. The maximum absolute atomic E-state index is 4.39. The molecule has 1 aromatic rings. The zero-order valence-corrected chi connectivity index (χ0v) is 11.8. The molecule has 1 fully saturated rings. The van der Waals surface area contributed by atoms with Crippen molar-refractivity contribution < 1.29 is 0 Å². The van der Waals surface area contributed by atoms with Crippen LogP contribution in [0.25, 0.3) is 0 Å². The summed E-state index contributed by atoms with van der Waals surface area (Å²) in [5.41, 5.74) is 3.09. The van der Waals surface area contributed by atoms with Crippen LogP contribution >= 0.6 is 0 Å². The van der Waals surface area contributed by atoms with E-state index in [1.54, 1.807) is 5.57 Å². The molecule has 0 atom stereocenters. The van der Waals surface area contributed by atoms with Gasteiger partial charge in [-0.15, -0.1) is 0 Å². The van der Waals surface area contributed by atoms with Crippen molar-refractivity contribution in [2.45, 2.75) is 57.4 Å². The van der Waals surface area contributed by atoms with E-state index in [4.69, 9.17) is 0 Å². The lowest BCUT2D eigenvalue weighted by Gasteiger charge is -2.23. The van der Waals surface area contributed by atoms with Crippen molar-refractivity contribution in [3.63, 3.8) is 0 Å². The van der Waals surface area contributed by atoms with Crippen LogP contribution < -0.4 is 5.32 Å². The predicted molar refractivity (Wildman–Crippen MR) is 78.2 cm³/mol. The van der Waals surface area contributed by atoms with Gasteiger partial charge in [-0.25, -0.2) is 4.98 Å². The van der Waals surface area contributed by atoms with Crippen molar-refractivity contribution >= 4 is 0 Å². The molecule has 3 nitrogen and oxygen atoms in total. The highest BCUT2D eigenvalue weighted by molar-refractivity contribution is 5.10. The van der Waals surface area contributed by atoms with E-state index < -0.39 is 0 Å². The molecular weight excluding hydrogens is 234 g/mol. The predicted octanol–water partition coefficient (Wildman–Crippen LogP) is 3.24. The second-order valence-electron chi connectivity index (χ2n) is 5.91. The van der Waals surface area contributed by atoms with Crippen LogP contribution in [0.15, 0.2) is 24.2 Å². The summed E-state index contributed by atoms with van der Waals surface area (Å²) in [5.74, 6) is 0.762. The molecule has 1 aliphatic carbocycles. The Morgan fingerprint density at radius 3 is 2.95 bits per heavy atom. The van der Waals surface area contributed by atoms with Crippen LogP contribution in [0.5, 0.6) is 0 Å². The summed E-state index contributed by atoms with van der Waals surface area (Å²) >= 11 is 0. The Kier molecular flexibility index (Phi) is 4.34. The van der Waals surface area contributed by atoms with Gasteiger partial charge in [-0.1, -0.05) is 30.9 Å². The quantitative estimate of drug-likeness (QED) is 0.841. The third-order valence-electron chi connectivity index (χ3n) is 4.60. The summed E-state index contributed by atoms with van der Waals surface area (Å²) < 4.78 is 2.40. The first-order chi connectivity index (χ1) is 9.43. The van der Waals surface area contributed by atoms with Gasteiger partial charge in [-0.05, 0) is 32.2 Å². The van der Waals surface area contributed by atoms with Crippen LogP contribution in [-0.2, 0) is 6.54 Å². The van der Waals surface area contributed by atoms with Gasteiger partial charge in [0, 0.05) is 30.9 Å². The molecule has 0 bridgehead atoms. The Morgan fingerprint density at radius 2 is 2.16 bits per heavy atom. The number of rotatable bonds is 4. The molecular formula is C16H25N3. The first-order valence-electron chi connectivity index (χ1n) is 7.82. The van der Waals surface area contributed by atoms with Crippen molar-refractivity contribution in [2.75, 3.05) is 13.1 Å². The lowest BCUT2D eigenvalue weighted by Crippen LogP contribution is -2.21. The standard InChI is InChI=1S/C16H25N3/c1-2-4-15(5-3-1)16-12-18-13-19(16)11-8-14-6-9-17-10-7-14/h6,12-13,15,17H,1-5,7-11H2. The van der Waals surface area contributed by atoms with E-state index >= 15 is 0 Å². The van der Waals surface area contributed by atoms with Crippen LogP contribution in [0, 0.1) is 0 Å². The van der Waals surface area contributed by atoms with E-state index in [1.165, 1.54) is 50.6 Å². The summed E-state index contributed by atoms with van der Waals surface area (Å²) in [7, 11) is 0. The van der Waals surface area contributed by atoms with Crippen LogP contribution in [0.2, 0.25) is 0 Å². The lowest BCUT2D eigenvalue weighted by molar-refractivity contribution is 0.422. The van der Waals surface area contributed by atoms with Gasteiger partial charge < -0.3 is 9.88 Å². The topological polar surface area (TPSA) is 29.9 Å². The van der Waals surface area contributed by atoms with E-state index in [1.807, 2.05) is 6.33 Å². The number of aryl methyl sites for hydroxylation is 1. The number of nitrogens with zero attached hydrogens (tertiary/aromatic N) is 2. The average molecular weight is 259 g/mol. The molecule has 3 rings (SSSR count). The minimum absolute atomic E-state index is 0.762. The molecule has 1 aromatic heterocycles. The van der Waals surface area contributed by atoms with Gasteiger partial charge in [-0.2, -0.15) is 0 Å². The molecule has 0 radical (unpaired) electrons. The molecule has 0 unspecified atom stereocenters. The van der Waals surface area contributed by atoms with E-state index in [2.05, 4.69) is 27.1 Å². The fraction of sp³-hybridized carbons (Fsp3) is 0.688. The number of hydrogen-bond donors (Lipinski definition) is 1. The van der Waals surface area contributed by atoms with Gasteiger partial charge in [0.05, 0.1) is 6.33 Å². The first kappa shape index (κ1) is 12.9. The molecule has 2 aliphatic rings. The van der Waals surface area contributed by atoms with Crippen LogP contribution in [-0.4, -0.2) is 22.6 Å². The number of imidazole rings is 1. The average Bonchev–Trinajstić information content (AvgIpc) is 2.95. The van der Waals surface area contributed by atoms with Crippen molar-refractivity contribution in [3.05, 3.63) is 29.9 Å². The highest BCUT2D eigenvalue weighted by Crippen LogP contribution is 2.32. The second-order valence-corrected chi connectivity index (χ2v) is 5.91. The Hall–Kier alpha value is -1.09. The molecule has 2 heterocycles. The Labute approximate surface area is 116 Å². The summed E-state index contributed by atoms with van der Waals surface area (Å²) in [5, 5.41) is 3.38. The number of aromatic nitrogens is 2. The molecule has 104 valence electrons. The summed E-state index contributed by atoms with van der Waals surface area (Å²) in [4.78, 5) is 4.39. The van der Waals surface area contributed by atoms with Gasteiger partial charge in [-0.3, -0.25) is 0 Å². The third-order valence-corrected chi connectivity index (χ3v) is 4.60. The van der Waals surface area contributed by atoms with E-state index in [0.717, 1.165) is 25.6 Å². The molecule has 0 saturated heterocycles. The van der Waals surface area contributed by atoms with Crippen LogP contribution in [0.1, 0.15) is 56.6 Å². The third kappa shape index (κ3) is 3.27. The zero-order valence-electron chi connectivity index (χ0n) is 11.8. The monoisotopic (exact) mass is 259 g/mol. The fourth-order valence-electron chi connectivity index (χ4n) is 3.42. The molecule has 0 spiro atoms. The largest absolute Gasteiger partial charge is 0.334 e. The molecule has 1 N–H and O–H groups in total. The Morgan fingerprint density at radius 1 is 1.26 bits per heavy atom. The number of hydrogen-bond acceptors (Lipinski definition) is 2. The van der Waals surface area contributed by atoms with E-state index in [9.17, 15) is 0 Å². The van der Waals surface area contributed by atoms with Gasteiger partial charge >= 0.3 is 0 Å². The lowest BCUT2D eigenvalue weighted by atomic mass is 9.87. The van der Waals surface area contributed by atoms with Crippen molar-refractivity contribution in [1.29, 1.82) is 0 Å². The molecule has 19 heavy (non-hydrogen) atoms. The van der Waals surface area contributed by atoms with Crippen molar-refractivity contribution in [3.8, 4) is 0 Å². The zero-order chi connectivity index (χ0) is 12.9. The van der Waals surface area contributed by atoms with Gasteiger partial charge in [0.2, 0.25) is 0 Å². The smallest absolute Gasteiger partial charge is 0.0948 e. The van der Waals surface area contributed by atoms with Crippen LogP contribution in [0.4, 0.5) is 0 Å². The van der Waals surface area contributed by atoms with E-state index in [-0.39, 0.29) is 0 Å². The second kappa shape index (κ2) is 6.38. The SMILES string of the molecule is C1=C(CCn2cncc2C2CCCCC2)CCNC1. The normalized spacial score (nSPS) is 21.4. The molecule has 0 amide bonds.